The van der Waals surface area contributed by atoms with Crippen molar-refractivity contribution in [2.45, 2.75) is 32.7 Å². The van der Waals surface area contributed by atoms with Crippen LogP contribution < -0.4 is 10.5 Å². The van der Waals surface area contributed by atoms with Crippen molar-refractivity contribution < 1.29 is 4.74 Å². The standard InChI is InChI=1S/C26H28N2O/c1-18(16-26(2,3)27)17-29-25-13-12-20(19-8-4-5-10-23(19)25)21-14-15-28-24-11-7-6-9-22(21)24/h4-15,18H,16-17,27H2,1-3H3. The van der Waals surface area contributed by atoms with Crippen LogP contribution >= 0.6 is 0 Å². The second-order valence-electron chi connectivity index (χ2n) is 8.64. The number of aromatic nitrogens is 1. The maximum absolute atomic E-state index is 6.24. The first-order valence-corrected chi connectivity index (χ1v) is 10.2. The highest BCUT2D eigenvalue weighted by Gasteiger charge is 2.17. The Morgan fingerprint density at radius 1 is 0.862 bits per heavy atom. The molecule has 0 radical (unpaired) electrons. The molecule has 0 aliphatic heterocycles. The molecule has 1 atom stereocenters. The van der Waals surface area contributed by atoms with E-state index in [-0.39, 0.29) is 5.54 Å². The molecule has 3 nitrogen and oxygen atoms in total. The van der Waals surface area contributed by atoms with E-state index in [1.54, 1.807) is 0 Å². The number of hydrogen-bond acceptors (Lipinski definition) is 3. The summed E-state index contributed by atoms with van der Waals surface area (Å²) in [7, 11) is 0. The zero-order valence-corrected chi connectivity index (χ0v) is 17.4. The van der Waals surface area contributed by atoms with Crippen molar-refractivity contribution in [1.29, 1.82) is 0 Å². The number of hydrogen-bond donors (Lipinski definition) is 1. The number of ether oxygens (including phenoxy) is 1. The quantitative estimate of drug-likeness (QED) is 0.431. The van der Waals surface area contributed by atoms with Crippen LogP contribution in [0.5, 0.6) is 5.75 Å². The van der Waals surface area contributed by atoms with Crippen LogP contribution in [-0.2, 0) is 0 Å². The minimum Gasteiger partial charge on any atom is -0.493 e. The Morgan fingerprint density at radius 2 is 1.52 bits per heavy atom. The summed E-state index contributed by atoms with van der Waals surface area (Å²) in [5.41, 5.74) is 9.38. The molecule has 4 rings (SSSR count). The molecule has 0 aliphatic carbocycles. The van der Waals surface area contributed by atoms with Crippen molar-refractivity contribution in [1.82, 2.24) is 4.98 Å². The smallest absolute Gasteiger partial charge is 0.127 e. The Morgan fingerprint density at radius 3 is 2.28 bits per heavy atom. The molecule has 0 saturated heterocycles. The van der Waals surface area contributed by atoms with E-state index in [4.69, 9.17) is 10.5 Å². The molecule has 3 aromatic carbocycles. The number of rotatable bonds is 6. The minimum absolute atomic E-state index is 0.183. The van der Waals surface area contributed by atoms with Gasteiger partial charge in [0.2, 0.25) is 0 Å². The lowest BCUT2D eigenvalue weighted by Crippen LogP contribution is -2.35. The number of fused-ring (bicyclic) bond motifs is 2. The van der Waals surface area contributed by atoms with Crippen molar-refractivity contribution in [2.24, 2.45) is 11.7 Å². The van der Waals surface area contributed by atoms with Crippen LogP contribution in [-0.4, -0.2) is 17.1 Å². The zero-order chi connectivity index (χ0) is 20.4. The van der Waals surface area contributed by atoms with Gasteiger partial charge < -0.3 is 10.5 Å². The maximum Gasteiger partial charge on any atom is 0.127 e. The normalized spacial score (nSPS) is 13.0. The molecule has 29 heavy (non-hydrogen) atoms. The van der Waals surface area contributed by atoms with Crippen molar-refractivity contribution in [3.05, 3.63) is 72.9 Å². The summed E-state index contributed by atoms with van der Waals surface area (Å²) in [6, 6.07) is 23.1. The van der Waals surface area contributed by atoms with Crippen molar-refractivity contribution in [3.63, 3.8) is 0 Å². The van der Waals surface area contributed by atoms with Crippen LogP contribution in [0.1, 0.15) is 27.2 Å². The first kappa shape index (κ1) is 19.4. The molecule has 2 N–H and O–H groups in total. The predicted octanol–water partition coefficient (Wildman–Crippen LogP) is 6.20. The fourth-order valence-electron chi connectivity index (χ4n) is 4.15. The summed E-state index contributed by atoms with van der Waals surface area (Å²) in [6.07, 6.45) is 2.80. The Hall–Kier alpha value is -2.91. The van der Waals surface area contributed by atoms with Gasteiger partial charge in [-0.1, -0.05) is 55.5 Å². The van der Waals surface area contributed by atoms with Crippen LogP contribution in [0, 0.1) is 5.92 Å². The maximum atomic E-state index is 6.24. The molecule has 0 fully saturated rings. The molecule has 0 spiro atoms. The van der Waals surface area contributed by atoms with Gasteiger partial charge in [-0.3, -0.25) is 4.98 Å². The molecule has 0 amide bonds. The SMILES string of the molecule is CC(COc1ccc(-c2ccnc3ccccc23)c2ccccc12)CC(C)(C)N. The summed E-state index contributed by atoms with van der Waals surface area (Å²) < 4.78 is 6.24. The molecule has 1 aromatic heterocycles. The molecule has 0 bridgehead atoms. The third-order valence-electron chi connectivity index (χ3n) is 5.22. The third kappa shape index (κ3) is 4.25. The molecule has 0 saturated carbocycles. The van der Waals surface area contributed by atoms with Crippen LogP contribution in [0.25, 0.3) is 32.8 Å². The number of pyridine rings is 1. The summed E-state index contributed by atoms with van der Waals surface area (Å²) in [5, 5.41) is 3.48. The van der Waals surface area contributed by atoms with E-state index in [1.165, 1.54) is 16.5 Å². The average molecular weight is 385 g/mol. The van der Waals surface area contributed by atoms with Crippen molar-refractivity contribution in [3.8, 4) is 16.9 Å². The Labute approximate surface area is 172 Å². The topological polar surface area (TPSA) is 48.1 Å². The van der Waals surface area contributed by atoms with E-state index < -0.39 is 0 Å². The first-order valence-electron chi connectivity index (χ1n) is 10.2. The van der Waals surface area contributed by atoms with Gasteiger partial charge in [-0.15, -0.1) is 0 Å². The van der Waals surface area contributed by atoms with Gasteiger partial charge in [0, 0.05) is 22.5 Å². The fourth-order valence-corrected chi connectivity index (χ4v) is 4.15. The second kappa shape index (κ2) is 7.84. The Balaban J connectivity index is 1.73. The Kier molecular flexibility index (Phi) is 5.25. The van der Waals surface area contributed by atoms with Gasteiger partial charge >= 0.3 is 0 Å². The van der Waals surface area contributed by atoms with E-state index in [9.17, 15) is 0 Å². The lowest BCUT2D eigenvalue weighted by atomic mass is 9.93. The van der Waals surface area contributed by atoms with Crippen LogP contribution in [0.2, 0.25) is 0 Å². The largest absolute Gasteiger partial charge is 0.493 e. The van der Waals surface area contributed by atoms with Gasteiger partial charge in [0.1, 0.15) is 5.75 Å². The minimum atomic E-state index is -0.183. The van der Waals surface area contributed by atoms with E-state index in [0.29, 0.717) is 12.5 Å². The average Bonchev–Trinajstić information content (AvgIpc) is 2.70. The van der Waals surface area contributed by atoms with Crippen LogP contribution in [0.15, 0.2) is 72.9 Å². The van der Waals surface area contributed by atoms with Gasteiger partial charge in [0.25, 0.3) is 0 Å². The summed E-state index contributed by atoms with van der Waals surface area (Å²) in [5.74, 6) is 1.31. The molecule has 1 unspecified atom stereocenters. The monoisotopic (exact) mass is 384 g/mol. The number of benzene rings is 3. The zero-order valence-electron chi connectivity index (χ0n) is 17.4. The molecule has 4 aromatic rings. The van der Waals surface area contributed by atoms with Gasteiger partial charge in [-0.05, 0) is 60.9 Å². The summed E-state index contributed by atoms with van der Waals surface area (Å²) >= 11 is 0. The molecule has 148 valence electrons. The van der Waals surface area contributed by atoms with Crippen LogP contribution in [0.4, 0.5) is 0 Å². The molecular formula is C26H28N2O. The number of nitrogens with two attached hydrogens (primary N) is 1. The van der Waals surface area contributed by atoms with E-state index in [0.717, 1.165) is 28.5 Å². The van der Waals surface area contributed by atoms with E-state index >= 15 is 0 Å². The lowest BCUT2D eigenvalue weighted by Gasteiger charge is -2.23. The highest BCUT2D eigenvalue weighted by Crippen LogP contribution is 2.37. The lowest BCUT2D eigenvalue weighted by molar-refractivity contribution is 0.231. The molecule has 0 aliphatic rings. The first-order chi connectivity index (χ1) is 13.9. The number of nitrogens with zero attached hydrogens (tertiary/aromatic N) is 1. The second-order valence-corrected chi connectivity index (χ2v) is 8.64. The number of para-hydroxylation sites is 1. The van der Waals surface area contributed by atoms with Gasteiger partial charge in [0.05, 0.1) is 12.1 Å². The Bertz CT molecular complexity index is 1140. The summed E-state index contributed by atoms with van der Waals surface area (Å²) in [6.45, 7) is 6.97. The molecule has 3 heteroatoms. The van der Waals surface area contributed by atoms with E-state index in [1.807, 2.05) is 12.3 Å². The van der Waals surface area contributed by atoms with Gasteiger partial charge in [0.15, 0.2) is 0 Å². The van der Waals surface area contributed by atoms with Gasteiger partial charge in [-0.25, -0.2) is 0 Å². The third-order valence-corrected chi connectivity index (χ3v) is 5.22. The van der Waals surface area contributed by atoms with Crippen molar-refractivity contribution >= 4 is 21.7 Å². The fraction of sp³-hybridized carbons (Fsp3) is 0.269. The molecule has 1 heterocycles. The van der Waals surface area contributed by atoms with Crippen LogP contribution in [0.3, 0.4) is 0 Å². The predicted molar refractivity (Wildman–Crippen MR) is 122 cm³/mol. The van der Waals surface area contributed by atoms with Gasteiger partial charge in [-0.2, -0.15) is 0 Å². The highest BCUT2D eigenvalue weighted by atomic mass is 16.5. The highest BCUT2D eigenvalue weighted by molar-refractivity contribution is 6.06. The van der Waals surface area contributed by atoms with E-state index in [2.05, 4.69) is 86.4 Å². The molecular weight excluding hydrogens is 356 g/mol. The summed E-state index contributed by atoms with van der Waals surface area (Å²) in [4.78, 5) is 4.51. The van der Waals surface area contributed by atoms with Crippen molar-refractivity contribution in [2.75, 3.05) is 6.61 Å².